The van der Waals surface area contributed by atoms with Crippen LogP contribution >= 0.6 is 0 Å². The molecule has 0 unspecified atom stereocenters. The van der Waals surface area contributed by atoms with Crippen molar-refractivity contribution in [3.05, 3.63) is 0 Å². The van der Waals surface area contributed by atoms with Gasteiger partial charge in [0.25, 0.3) is 0 Å². The minimum absolute atomic E-state index is 0.559. The van der Waals surface area contributed by atoms with Crippen molar-refractivity contribution in [1.82, 2.24) is 9.80 Å². The summed E-state index contributed by atoms with van der Waals surface area (Å²) in [5, 5.41) is 8.59. The lowest BCUT2D eigenvalue weighted by molar-refractivity contribution is 0.143. The second-order valence-electron chi connectivity index (χ2n) is 2.67. The van der Waals surface area contributed by atoms with Crippen molar-refractivity contribution < 1.29 is 9.90 Å². The molecule has 0 saturated carbocycles. The van der Waals surface area contributed by atoms with Crippen molar-refractivity contribution in [2.45, 2.75) is 6.92 Å². The molecule has 0 aliphatic heterocycles. The Morgan fingerprint density at radius 2 is 1.91 bits per heavy atom. The van der Waals surface area contributed by atoms with E-state index in [2.05, 4.69) is 0 Å². The average Bonchev–Trinajstić information content (AvgIpc) is 1.87. The van der Waals surface area contributed by atoms with Gasteiger partial charge in [-0.3, -0.25) is 0 Å². The molecule has 11 heavy (non-hydrogen) atoms. The van der Waals surface area contributed by atoms with Crippen molar-refractivity contribution in [3.63, 3.8) is 0 Å². The summed E-state index contributed by atoms with van der Waals surface area (Å²) in [6.07, 6.45) is -0.839. The number of carboxylic acid groups (broad SMARTS) is 1. The van der Waals surface area contributed by atoms with E-state index in [1.807, 2.05) is 25.9 Å². The second kappa shape index (κ2) is 4.96. The maximum absolute atomic E-state index is 10.5. The molecule has 0 aliphatic rings. The van der Waals surface area contributed by atoms with Crippen LogP contribution in [-0.2, 0) is 0 Å². The molecule has 0 fully saturated rings. The molecule has 0 spiro atoms. The number of nitrogens with zero attached hydrogens (tertiary/aromatic N) is 2. The Labute approximate surface area is 67.4 Å². The van der Waals surface area contributed by atoms with Crippen LogP contribution in [-0.4, -0.2) is 54.7 Å². The molecule has 0 atom stereocenters. The smallest absolute Gasteiger partial charge is 0.407 e. The highest BCUT2D eigenvalue weighted by Gasteiger charge is 2.07. The monoisotopic (exact) mass is 160 g/mol. The molecule has 4 heteroatoms. The third kappa shape index (κ3) is 4.61. The molecule has 4 nitrogen and oxygen atoms in total. The molecule has 0 bridgehead atoms. The van der Waals surface area contributed by atoms with Crippen LogP contribution in [0.4, 0.5) is 4.79 Å². The van der Waals surface area contributed by atoms with Gasteiger partial charge in [-0.15, -0.1) is 0 Å². The fraction of sp³-hybridized carbons (Fsp3) is 0.857. The Balaban J connectivity index is 3.61. The van der Waals surface area contributed by atoms with Gasteiger partial charge in [0.2, 0.25) is 0 Å². The van der Waals surface area contributed by atoms with Gasteiger partial charge in [-0.05, 0) is 21.0 Å². The lowest BCUT2D eigenvalue weighted by atomic mass is 10.5. The summed E-state index contributed by atoms with van der Waals surface area (Å²) >= 11 is 0. The molecular weight excluding hydrogens is 144 g/mol. The molecular formula is C7H16N2O2. The van der Waals surface area contributed by atoms with E-state index < -0.39 is 6.09 Å². The van der Waals surface area contributed by atoms with Crippen molar-refractivity contribution in [2.24, 2.45) is 0 Å². The Morgan fingerprint density at radius 1 is 1.36 bits per heavy atom. The lowest BCUT2D eigenvalue weighted by Crippen LogP contribution is -2.35. The summed E-state index contributed by atoms with van der Waals surface area (Å²) in [5.74, 6) is 0. The maximum Gasteiger partial charge on any atom is 0.407 e. The fourth-order valence-corrected chi connectivity index (χ4v) is 0.710. The van der Waals surface area contributed by atoms with Gasteiger partial charge in [-0.2, -0.15) is 0 Å². The van der Waals surface area contributed by atoms with Gasteiger partial charge in [0.05, 0.1) is 0 Å². The Hall–Kier alpha value is -0.770. The Morgan fingerprint density at radius 3 is 2.18 bits per heavy atom. The third-order valence-corrected chi connectivity index (χ3v) is 1.47. The van der Waals surface area contributed by atoms with Crippen molar-refractivity contribution in [2.75, 3.05) is 33.7 Å². The van der Waals surface area contributed by atoms with Crippen LogP contribution in [0.3, 0.4) is 0 Å². The summed E-state index contributed by atoms with van der Waals surface area (Å²) in [6.45, 7) is 3.76. The minimum atomic E-state index is -0.839. The SMILES string of the molecule is CCN(CCN(C)C)C(=O)O. The largest absolute Gasteiger partial charge is 0.465 e. The highest BCUT2D eigenvalue weighted by molar-refractivity contribution is 5.64. The van der Waals surface area contributed by atoms with Crippen molar-refractivity contribution >= 4 is 6.09 Å². The highest BCUT2D eigenvalue weighted by atomic mass is 16.4. The number of hydrogen-bond donors (Lipinski definition) is 1. The van der Waals surface area contributed by atoms with Crippen molar-refractivity contribution in [1.29, 1.82) is 0 Å². The molecule has 0 aromatic heterocycles. The van der Waals surface area contributed by atoms with E-state index in [9.17, 15) is 4.79 Å². The number of likely N-dealkylation sites (N-methyl/N-ethyl adjacent to an activating group) is 2. The quantitative estimate of drug-likeness (QED) is 0.653. The summed E-state index contributed by atoms with van der Waals surface area (Å²) in [7, 11) is 3.85. The number of rotatable bonds is 4. The first-order chi connectivity index (χ1) is 5.07. The van der Waals surface area contributed by atoms with Gasteiger partial charge >= 0.3 is 6.09 Å². The minimum Gasteiger partial charge on any atom is -0.465 e. The topological polar surface area (TPSA) is 43.8 Å². The maximum atomic E-state index is 10.5. The predicted molar refractivity (Wildman–Crippen MR) is 43.8 cm³/mol. The van der Waals surface area contributed by atoms with Crippen LogP contribution in [0, 0.1) is 0 Å². The van der Waals surface area contributed by atoms with Crippen LogP contribution in [0.2, 0.25) is 0 Å². The van der Waals surface area contributed by atoms with Gasteiger partial charge in [0, 0.05) is 19.6 Å². The Bertz CT molecular complexity index is 126. The van der Waals surface area contributed by atoms with E-state index in [0.29, 0.717) is 13.1 Å². The highest BCUT2D eigenvalue weighted by Crippen LogP contribution is 1.88. The second-order valence-corrected chi connectivity index (χ2v) is 2.67. The van der Waals surface area contributed by atoms with Gasteiger partial charge in [-0.25, -0.2) is 4.79 Å². The molecule has 1 amide bonds. The molecule has 0 aromatic carbocycles. The summed E-state index contributed by atoms with van der Waals surface area (Å²) in [6, 6.07) is 0. The molecule has 0 heterocycles. The molecule has 1 N–H and O–H groups in total. The fourth-order valence-electron chi connectivity index (χ4n) is 0.710. The van der Waals surface area contributed by atoms with Crippen LogP contribution in [0.1, 0.15) is 6.92 Å². The number of carbonyl (C=O) groups is 1. The van der Waals surface area contributed by atoms with E-state index >= 15 is 0 Å². The van der Waals surface area contributed by atoms with E-state index in [4.69, 9.17) is 5.11 Å². The number of amides is 1. The molecule has 0 saturated heterocycles. The van der Waals surface area contributed by atoms with Gasteiger partial charge in [-0.1, -0.05) is 0 Å². The zero-order chi connectivity index (χ0) is 8.85. The molecule has 66 valence electrons. The van der Waals surface area contributed by atoms with Gasteiger partial charge in [0.15, 0.2) is 0 Å². The Kier molecular flexibility index (Phi) is 4.61. The van der Waals surface area contributed by atoms with Crippen LogP contribution in [0.5, 0.6) is 0 Å². The normalized spacial score (nSPS) is 10.2. The molecule has 0 aromatic rings. The van der Waals surface area contributed by atoms with Crippen molar-refractivity contribution in [3.8, 4) is 0 Å². The molecule has 0 radical (unpaired) electrons. The molecule has 0 aliphatic carbocycles. The van der Waals surface area contributed by atoms with Crippen LogP contribution in [0.15, 0.2) is 0 Å². The van der Waals surface area contributed by atoms with E-state index in [0.717, 1.165) is 6.54 Å². The van der Waals surface area contributed by atoms with Gasteiger partial charge < -0.3 is 14.9 Å². The van der Waals surface area contributed by atoms with Crippen LogP contribution in [0.25, 0.3) is 0 Å². The first-order valence-corrected chi connectivity index (χ1v) is 3.70. The zero-order valence-electron chi connectivity index (χ0n) is 7.37. The first-order valence-electron chi connectivity index (χ1n) is 3.70. The summed E-state index contributed by atoms with van der Waals surface area (Å²) < 4.78 is 0. The lowest BCUT2D eigenvalue weighted by Gasteiger charge is -2.19. The van der Waals surface area contributed by atoms with Gasteiger partial charge in [0.1, 0.15) is 0 Å². The van der Waals surface area contributed by atoms with E-state index in [-0.39, 0.29) is 0 Å². The summed E-state index contributed by atoms with van der Waals surface area (Å²) in [4.78, 5) is 13.8. The average molecular weight is 160 g/mol. The van der Waals surface area contributed by atoms with Crippen LogP contribution < -0.4 is 0 Å². The van der Waals surface area contributed by atoms with E-state index in [1.165, 1.54) is 4.90 Å². The third-order valence-electron chi connectivity index (χ3n) is 1.47. The predicted octanol–water partition coefficient (Wildman–Crippen LogP) is 0.548. The van der Waals surface area contributed by atoms with E-state index in [1.54, 1.807) is 0 Å². The summed E-state index contributed by atoms with van der Waals surface area (Å²) in [5.41, 5.74) is 0. The zero-order valence-corrected chi connectivity index (χ0v) is 7.37. The molecule has 0 rings (SSSR count). The first kappa shape index (κ1) is 10.2. The number of hydrogen-bond acceptors (Lipinski definition) is 2. The standard InChI is InChI=1S/C7H16N2O2/c1-4-9(7(10)11)6-5-8(2)3/h4-6H2,1-3H3,(H,10,11).